The molecule has 0 aromatic heterocycles. The maximum Gasteiger partial charge on any atom is 0.347 e. The zero-order chi connectivity index (χ0) is 29.4. The fourth-order valence-electron chi connectivity index (χ4n) is 5.53. The minimum Gasteiger partial charge on any atom is -0.478 e. The number of hydrogen-bond donors (Lipinski definition) is 1. The zero-order valence-electron chi connectivity index (χ0n) is 23.9. The topological polar surface area (TPSA) is 89.9 Å². The fourth-order valence-corrected chi connectivity index (χ4v) is 5.94. The Morgan fingerprint density at radius 1 is 0.902 bits per heavy atom. The summed E-state index contributed by atoms with van der Waals surface area (Å²) in [6.07, 6.45) is 6.25. The Morgan fingerprint density at radius 3 is 2.22 bits per heavy atom. The average molecular weight is 575 g/mol. The molecule has 1 aliphatic carbocycles. The zero-order valence-corrected chi connectivity index (χ0v) is 24.7. The van der Waals surface area contributed by atoms with Crippen LogP contribution in [0.25, 0.3) is 0 Å². The maximum absolute atomic E-state index is 13.8. The van der Waals surface area contributed by atoms with Crippen LogP contribution in [0.15, 0.2) is 83.8 Å². The highest BCUT2D eigenvalue weighted by molar-refractivity contribution is 7.98. The lowest BCUT2D eigenvalue weighted by molar-refractivity contribution is -0.152. The van der Waals surface area contributed by atoms with Gasteiger partial charge in [-0.25, -0.2) is 4.79 Å². The molecule has 6 nitrogen and oxygen atoms in total. The molecular formula is C34H38O6S. The standard InChI is InChI=1S/C34H38O6S/c1-34(2,33(37)38)40-28-16-12-23(13-17-28)20-26-21-24(22-31(35)39-27-9-5-4-6-10-27)8-7-11-30(26)32(36)25-14-18-29(41-3)19-15-25/h4-6,9-10,12-19,24,26,30H,7-8,11,20-22H2,1-3H3,(H,37,38)/t24?,26-,30-/m1/s1. The number of carboxylic acid groups (broad SMARTS) is 1. The van der Waals surface area contributed by atoms with Crippen LogP contribution in [0.4, 0.5) is 0 Å². The largest absolute Gasteiger partial charge is 0.478 e. The van der Waals surface area contributed by atoms with E-state index >= 15 is 0 Å². The molecule has 3 atom stereocenters. The number of para-hydroxylation sites is 1. The molecule has 3 aromatic carbocycles. The summed E-state index contributed by atoms with van der Waals surface area (Å²) in [6, 6.07) is 24.4. The highest BCUT2D eigenvalue weighted by Gasteiger charge is 2.35. The van der Waals surface area contributed by atoms with E-state index in [1.54, 1.807) is 36.0 Å². The molecule has 0 radical (unpaired) electrons. The molecule has 0 amide bonds. The van der Waals surface area contributed by atoms with Crippen LogP contribution in [-0.4, -0.2) is 34.7 Å². The van der Waals surface area contributed by atoms with Crippen molar-refractivity contribution in [3.05, 3.63) is 90.0 Å². The summed E-state index contributed by atoms with van der Waals surface area (Å²) in [5.74, 6) is -0.120. The van der Waals surface area contributed by atoms with Crippen molar-refractivity contribution in [2.45, 2.75) is 62.9 Å². The molecule has 7 heteroatoms. The van der Waals surface area contributed by atoms with Crippen LogP contribution >= 0.6 is 11.8 Å². The molecule has 0 saturated heterocycles. The lowest BCUT2D eigenvalue weighted by Gasteiger charge is -2.27. The van der Waals surface area contributed by atoms with Crippen LogP contribution in [0, 0.1) is 17.8 Å². The molecule has 0 heterocycles. The first-order chi connectivity index (χ1) is 19.6. The van der Waals surface area contributed by atoms with Gasteiger partial charge in [0.1, 0.15) is 11.5 Å². The quantitative estimate of drug-likeness (QED) is 0.0834. The number of thioether (sulfide) groups is 1. The van der Waals surface area contributed by atoms with Crippen molar-refractivity contribution in [3.8, 4) is 11.5 Å². The summed E-state index contributed by atoms with van der Waals surface area (Å²) in [6.45, 7) is 3.03. The number of carbonyl (C=O) groups excluding carboxylic acids is 2. The second-order valence-corrected chi connectivity index (χ2v) is 12.1. The van der Waals surface area contributed by atoms with Gasteiger partial charge in [-0.15, -0.1) is 11.8 Å². The van der Waals surface area contributed by atoms with Crippen molar-refractivity contribution in [1.82, 2.24) is 0 Å². The first kappa shape index (κ1) is 30.4. The Morgan fingerprint density at radius 2 is 1.59 bits per heavy atom. The van der Waals surface area contributed by atoms with E-state index in [-0.39, 0.29) is 29.5 Å². The smallest absolute Gasteiger partial charge is 0.347 e. The second-order valence-electron chi connectivity index (χ2n) is 11.2. The Hall–Kier alpha value is -3.58. The molecule has 3 aromatic rings. The van der Waals surface area contributed by atoms with Crippen LogP contribution in [0.2, 0.25) is 0 Å². The van der Waals surface area contributed by atoms with Gasteiger partial charge in [0, 0.05) is 22.8 Å². The van der Waals surface area contributed by atoms with E-state index in [1.165, 1.54) is 13.8 Å². The summed E-state index contributed by atoms with van der Waals surface area (Å²) >= 11 is 1.64. The number of carbonyl (C=O) groups is 3. The van der Waals surface area contributed by atoms with Gasteiger partial charge in [-0.05, 0) is 99.6 Å². The van der Waals surface area contributed by atoms with E-state index in [2.05, 4.69) is 0 Å². The van der Waals surface area contributed by atoms with Gasteiger partial charge in [0.25, 0.3) is 0 Å². The minimum absolute atomic E-state index is 0.0435. The monoisotopic (exact) mass is 574 g/mol. The molecule has 1 aliphatic rings. The van der Waals surface area contributed by atoms with Crippen LogP contribution in [0.3, 0.4) is 0 Å². The van der Waals surface area contributed by atoms with Crippen molar-refractivity contribution < 1.29 is 29.0 Å². The molecule has 216 valence electrons. The van der Waals surface area contributed by atoms with Gasteiger partial charge in [-0.3, -0.25) is 9.59 Å². The Labute approximate surface area is 246 Å². The highest BCUT2D eigenvalue weighted by Crippen LogP contribution is 2.38. The van der Waals surface area contributed by atoms with Crippen molar-refractivity contribution in [3.63, 3.8) is 0 Å². The summed E-state index contributed by atoms with van der Waals surface area (Å²) in [4.78, 5) is 39.2. The van der Waals surface area contributed by atoms with Gasteiger partial charge in [-0.2, -0.15) is 0 Å². The predicted molar refractivity (Wildman–Crippen MR) is 161 cm³/mol. The highest BCUT2D eigenvalue weighted by atomic mass is 32.2. The van der Waals surface area contributed by atoms with Crippen molar-refractivity contribution in [2.24, 2.45) is 17.8 Å². The first-order valence-corrected chi connectivity index (χ1v) is 15.3. The molecule has 1 fully saturated rings. The summed E-state index contributed by atoms with van der Waals surface area (Å²) in [7, 11) is 0. The number of Topliss-reactive ketones (excluding diaryl/α,β-unsaturated/α-hetero) is 1. The second kappa shape index (κ2) is 13.9. The van der Waals surface area contributed by atoms with Crippen molar-refractivity contribution >= 4 is 29.5 Å². The SMILES string of the molecule is CSc1ccc(C(=O)[C@@H]2CCCC(CC(=O)Oc3ccccc3)C[C@H]2Cc2ccc(OC(C)(C)C(=O)O)cc2)cc1. The predicted octanol–water partition coefficient (Wildman–Crippen LogP) is 7.49. The van der Waals surface area contributed by atoms with Crippen LogP contribution in [-0.2, 0) is 16.0 Å². The molecule has 1 saturated carbocycles. The summed E-state index contributed by atoms with van der Waals surface area (Å²) < 4.78 is 11.3. The van der Waals surface area contributed by atoms with E-state index in [4.69, 9.17) is 9.47 Å². The van der Waals surface area contributed by atoms with E-state index in [0.29, 0.717) is 24.3 Å². The molecule has 1 unspecified atom stereocenters. The lowest BCUT2D eigenvalue weighted by Crippen LogP contribution is -2.37. The molecule has 1 N–H and O–H groups in total. The van der Waals surface area contributed by atoms with E-state index in [9.17, 15) is 19.5 Å². The third-order valence-corrected chi connectivity index (χ3v) is 8.53. The van der Waals surface area contributed by atoms with Gasteiger partial charge in [0.15, 0.2) is 11.4 Å². The van der Waals surface area contributed by atoms with Gasteiger partial charge in [-0.1, -0.05) is 48.9 Å². The molecule has 0 bridgehead atoms. The van der Waals surface area contributed by atoms with Crippen LogP contribution < -0.4 is 9.47 Å². The third kappa shape index (κ3) is 8.46. The normalized spacial score (nSPS) is 19.1. The number of hydrogen-bond acceptors (Lipinski definition) is 6. The Bertz CT molecular complexity index is 1320. The maximum atomic E-state index is 13.8. The van der Waals surface area contributed by atoms with Gasteiger partial charge >= 0.3 is 11.9 Å². The first-order valence-electron chi connectivity index (χ1n) is 14.1. The molecule has 0 spiro atoms. The van der Waals surface area contributed by atoms with Crippen LogP contribution in [0.1, 0.15) is 61.9 Å². The number of benzene rings is 3. The Kier molecular flexibility index (Phi) is 10.3. The summed E-state index contributed by atoms with van der Waals surface area (Å²) in [5.41, 5.74) is 0.422. The third-order valence-electron chi connectivity index (χ3n) is 7.78. The molecule has 4 rings (SSSR count). The number of ether oxygens (including phenoxy) is 2. The number of rotatable bonds is 11. The number of esters is 1. The molecule has 41 heavy (non-hydrogen) atoms. The van der Waals surface area contributed by atoms with E-state index in [0.717, 1.165) is 41.7 Å². The number of carboxylic acids is 1. The van der Waals surface area contributed by atoms with Gasteiger partial charge in [0.05, 0.1) is 0 Å². The summed E-state index contributed by atoms with van der Waals surface area (Å²) in [5, 5.41) is 9.38. The number of aliphatic carboxylic acids is 1. The number of ketones is 1. The van der Waals surface area contributed by atoms with E-state index in [1.807, 2.05) is 60.9 Å². The van der Waals surface area contributed by atoms with Gasteiger partial charge < -0.3 is 14.6 Å². The minimum atomic E-state index is -1.34. The fraction of sp³-hybridized carbons (Fsp3) is 0.382. The van der Waals surface area contributed by atoms with Gasteiger partial charge in [0.2, 0.25) is 0 Å². The lowest BCUT2D eigenvalue weighted by atomic mass is 9.77. The molecule has 0 aliphatic heterocycles. The van der Waals surface area contributed by atoms with Crippen LogP contribution in [0.5, 0.6) is 11.5 Å². The average Bonchev–Trinajstić information content (AvgIpc) is 3.15. The van der Waals surface area contributed by atoms with Crippen molar-refractivity contribution in [1.29, 1.82) is 0 Å². The van der Waals surface area contributed by atoms with Crippen molar-refractivity contribution in [2.75, 3.05) is 6.26 Å². The molecular weight excluding hydrogens is 536 g/mol. The Balaban J connectivity index is 1.52. The van der Waals surface area contributed by atoms with E-state index < -0.39 is 11.6 Å².